The van der Waals surface area contributed by atoms with Crippen molar-refractivity contribution >= 4 is 17.8 Å². The number of urea groups is 1. The first-order valence-electron chi connectivity index (χ1n) is 9.41. The first-order valence-corrected chi connectivity index (χ1v) is 9.41. The van der Waals surface area contributed by atoms with Crippen LogP contribution in [-0.4, -0.2) is 49.5 Å². The number of ether oxygens (including phenoxy) is 1. The maximum atomic E-state index is 12.3. The molecule has 29 heavy (non-hydrogen) atoms. The second-order valence-corrected chi connectivity index (χ2v) is 7.56. The van der Waals surface area contributed by atoms with Crippen molar-refractivity contribution in [3.63, 3.8) is 0 Å². The standard InChI is InChI=1S/C20H26N6O3/c1-13(8-10-20(2,3)28)22-19(27)24-17-23-18-21-11-9-16(26(18)25-17)14-6-5-7-15(12-14)29-4/h5-7,9,11-13,28H,8,10H2,1-4H3,(H2,22,24,25,27). The van der Waals surface area contributed by atoms with E-state index in [-0.39, 0.29) is 12.0 Å². The topological polar surface area (TPSA) is 114 Å². The fraction of sp³-hybridized carbons (Fsp3) is 0.400. The molecule has 3 N–H and O–H groups in total. The van der Waals surface area contributed by atoms with Gasteiger partial charge in [0.15, 0.2) is 0 Å². The summed E-state index contributed by atoms with van der Waals surface area (Å²) < 4.78 is 6.85. The van der Waals surface area contributed by atoms with Crippen LogP contribution >= 0.6 is 0 Å². The van der Waals surface area contributed by atoms with E-state index in [0.29, 0.717) is 18.6 Å². The molecule has 0 spiro atoms. The number of aliphatic hydroxyl groups is 1. The lowest BCUT2D eigenvalue weighted by molar-refractivity contribution is 0.0663. The van der Waals surface area contributed by atoms with Crippen LogP contribution in [0.15, 0.2) is 36.5 Å². The number of nitrogens with zero attached hydrogens (tertiary/aromatic N) is 4. The van der Waals surface area contributed by atoms with Gasteiger partial charge in [-0.25, -0.2) is 9.78 Å². The molecule has 1 atom stereocenters. The normalized spacial score (nSPS) is 12.6. The molecule has 3 aromatic rings. The van der Waals surface area contributed by atoms with E-state index >= 15 is 0 Å². The Morgan fingerprint density at radius 2 is 2.14 bits per heavy atom. The highest BCUT2D eigenvalue weighted by molar-refractivity contribution is 5.87. The van der Waals surface area contributed by atoms with Gasteiger partial charge in [-0.05, 0) is 51.8 Å². The highest BCUT2D eigenvalue weighted by Gasteiger charge is 2.17. The van der Waals surface area contributed by atoms with Crippen LogP contribution in [0.2, 0.25) is 0 Å². The number of benzene rings is 1. The molecular weight excluding hydrogens is 372 g/mol. The van der Waals surface area contributed by atoms with E-state index in [0.717, 1.165) is 17.0 Å². The summed E-state index contributed by atoms with van der Waals surface area (Å²) >= 11 is 0. The van der Waals surface area contributed by atoms with Crippen molar-refractivity contribution < 1.29 is 14.6 Å². The van der Waals surface area contributed by atoms with Gasteiger partial charge in [-0.3, -0.25) is 5.32 Å². The Morgan fingerprint density at radius 3 is 2.86 bits per heavy atom. The molecule has 2 heterocycles. The summed E-state index contributed by atoms with van der Waals surface area (Å²) in [5.74, 6) is 1.25. The van der Waals surface area contributed by atoms with Crippen LogP contribution in [-0.2, 0) is 0 Å². The first kappa shape index (κ1) is 20.5. The Balaban J connectivity index is 1.74. The Morgan fingerprint density at radius 1 is 1.34 bits per heavy atom. The van der Waals surface area contributed by atoms with Crippen molar-refractivity contribution in [1.82, 2.24) is 24.9 Å². The summed E-state index contributed by atoms with van der Waals surface area (Å²) in [7, 11) is 1.61. The van der Waals surface area contributed by atoms with Gasteiger partial charge in [-0.2, -0.15) is 9.50 Å². The third-order valence-corrected chi connectivity index (χ3v) is 4.40. The van der Waals surface area contributed by atoms with E-state index in [4.69, 9.17) is 4.74 Å². The number of methoxy groups -OCH3 is 1. The second kappa shape index (κ2) is 8.44. The van der Waals surface area contributed by atoms with Crippen molar-refractivity contribution in [2.24, 2.45) is 0 Å². The Labute approximate surface area is 169 Å². The number of carbonyl (C=O) groups excluding carboxylic acids is 1. The fourth-order valence-electron chi connectivity index (χ4n) is 2.85. The van der Waals surface area contributed by atoms with Crippen LogP contribution < -0.4 is 15.4 Å². The third-order valence-electron chi connectivity index (χ3n) is 4.40. The van der Waals surface area contributed by atoms with Crippen molar-refractivity contribution in [2.45, 2.75) is 45.3 Å². The summed E-state index contributed by atoms with van der Waals surface area (Å²) in [5, 5.41) is 19.6. The Bertz CT molecular complexity index is 995. The van der Waals surface area contributed by atoms with E-state index in [1.165, 1.54) is 0 Å². The van der Waals surface area contributed by atoms with Gasteiger partial charge in [0.25, 0.3) is 11.7 Å². The average Bonchev–Trinajstić information content (AvgIpc) is 3.08. The summed E-state index contributed by atoms with van der Waals surface area (Å²) in [6, 6.07) is 8.87. The first-order chi connectivity index (χ1) is 13.7. The SMILES string of the molecule is COc1cccc(-c2ccnc3nc(NC(=O)NC(C)CCC(C)(C)O)nn23)c1. The number of aromatic nitrogens is 4. The quantitative estimate of drug-likeness (QED) is 0.564. The molecule has 9 nitrogen and oxygen atoms in total. The van der Waals surface area contributed by atoms with Gasteiger partial charge in [-0.15, -0.1) is 5.10 Å². The molecule has 0 bridgehead atoms. The molecule has 1 unspecified atom stereocenters. The van der Waals surface area contributed by atoms with Crippen molar-refractivity contribution in [1.29, 1.82) is 0 Å². The number of fused-ring (bicyclic) bond motifs is 1. The summed E-state index contributed by atoms with van der Waals surface area (Å²) in [5.41, 5.74) is 0.892. The zero-order chi connectivity index (χ0) is 21.0. The largest absolute Gasteiger partial charge is 0.497 e. The number of amides is 2. The van der Waals surface area contributed by atoms with E-state index in [2.05, 4.69) is 25.7 Å². The van der Waals surface area contributed by atoms with Crippen molar-refractivity contribution in [2.75, 3.05) is 12.4 Å². The Hall–Kier alpha value is -3.20. The van der Waals surface area contributed by atoms with Gasteiger partial charge in [0.05, 0.1) is 18.4 Å². The monoisotopic (exact) mass is 398 g/mol. The van der Waals surface area contributed by atoms with Crippen LogP contribution in [0.5, 0.6) is 5.75 Å². The minimum Gasteiger partial charge on any atom is -0.497 e. The fourth-order valence-corrected chi connectivity index (χ4v) is 2.85. The van der Waals surface area contributed by atoms with Gasteiger partial charge in [0, 0.05) is 17.8 Å². The van der Waals surface area contributed by atoms with E-state index < -0.39 is 11.6 Å². The van der Waals surface area contributed by atoms with E-state index in [1.54, 1.807) is 31.7 Å². The Kier molecular flexibility index (Phi) is 5.97. The number of rotatable bonds is 7. The van der Waals surface area contributed by atoms with E-state index in [1.807, 2.05) is 37.3 Å². The highest BCUT2D eigenvalue weighted by Crippen LogP contribution is 2.24. The molecule has 0 saturated heterocycles. The van der Waals surface area contributed by atoms with Gasteiger partial charge in [0.2, 0.25) is 0 Å². The zero-order valence-corrected chi connectivity index (χ0v) is 17.0. The number of hydrogen-bond donors (Lipinski definition) is 3. The number of nitrogens with one attached hydrogen (secondary N) is 2. The van der Waals surface area contributed by atoms with Gasteiger partial charge < -0.3 is 15.2 Å². The van der Waals surface area contributed by atoms with Crippen LogP contribution in [0.25, 0.3) is 17.0 Å². The molecule has 0 aliphatic rings. The summed E-state index contributed by atoms with van der Waals surface area (Å²) in [6.45, 7) is 5.37. The molecule has 2 amide bonds. The van der Waals surface area contributed by atoms with Crippen LogP contribution in [0, 0.1) is 0 Å². The van der Waals surface area contributed by atoms with Gasteiger partial charge >= 0.3 is 6.03 Å². The van der Waals surface area contributed by atoms with E-state index in [9.17, 15) is 9.90 Å². The predicted molar refractivity (Wildman–Crippen MR) is 110 cm³/mol. The number of anilines is 1. The molecule has 9 heteroatoms. The summed E-state index contributed by atoms with van der Waals surface area (Å²) in [6.07, 6.45) is 2.87. The highest BCUT2D eigenvalue weighted by atomic mass is 16.5. The molecular formula is C20H26N6O3. The van der Waals surface area contributed by atoms with Crippen molar-refractivity contribution in [3.8, 4) is 17.0 Å². The average molecular weight is 398 g/mol. The number of carbonyl (C=O) groups is 1. The van der Waals surface area contributed by atoms with Gasteiger partial charge in [0.1, 0.15) is 5.75 Å². The molecule has 154 valence electrons. The van der Waals surface area contributed by atoms with Crippen LogP contribution in [0.1, 0.15) is 33.6 Å². The van der Waals surface area contributed by atoms with Crippen LogP contribution in [0.3, 0.4) is 0 Å². The smallest absolute Gasteiger partial charge is 0.321 e. The lowest BCUT2D eigenvalue weighted by atomic mass is 10.00. The minimum absolute atomic E-state index is 0.107. The molecule has 1 aromatic carbocycles. The predicted octanol–water partition coefficient (Wildman–Crippen LogP) is 2.86. The number of hydrogen-bond acceptors (Lipinski definition) is 6. The maximum Gasteiger partial charge on any atom is 0.321 e. The van der Waals surface area contributed by atoms with Crippen LogP contribution in [0.4, 0.5) is 10.7 Å². The molecule has 0 fully saturated rings. The molecule has 0 saturated carbocycles. The molecule has 0 radical (unpaired) electrons. The molecule has 0 aliphatic carbocycles. The summed E-state index contributed by atoms with van der Waals surface area (Å²) in [4.78, 5) is 20.7. The molecule has 3 rings (SSSR count). The lowest BCUT2D eigenvalue weighted by Crippen LogP contribution is -2.37. The lowest BCUT2D eigenvalue weighted by Gasteiger charge is -2.20. The third kappa shape index (κ3) is 5.41. The molecule has 2 aromatic heterocycles. The molecule has 0 aliphatic heterocycles. The van der Waals surface area contributed by atoms with Crippen molar-refractivity contribution in [3.05, 3.63) is 36.5 Å². The zero-order valence-electron chi connectivity index (χ0n) is 17.0. The second-order valence-electron chi connectivity index (χ2n) is 7.56. The van der Waals surface area contributed by atoms with Gasteiger partial charge in [-0.1, -0.05) is 12.1 Å². The maximum absolute atomic E-state index is 12.3. The minimum atomic E-state index is -0.766.